The van der Waals surface area contributed by atoms with E-state index in [2.05, 4.69) is 267 Å². The third-order valence-electron chi connectivity index (χ3n) is 14.4. The van der Waals surface area contributed by atoms with Crippen molar-refractivity contribution in [1.82, 2.24) is 0 Å². The highest BCUT2D eigenvalue weighted by atomic mass is 15.3. The van der Waals surface area contributed by atoms with Crippen LogP contribution in [0.3, 0.4) is 0 Å². The lowest BCUT2D eigenvalue weighted by Gasteiger charge is -2.41. The monoisotopic (exact) mass is 875 g/mol. The smallest absolute Gasteiger partial charge is 0.0703 e. The second-order valence-electron chi connectivity index (χ2n) is 18.9. The maximum absolute atomic E-state index is 2.50. The third kappa shape index (κ3) is 6.72. The van der Waals surface area contributed by atoms with Crippen molar-refractivity contribution in [2.45, 2.75) is 39.5 Å². The number of fused-ring (bicyclic) bond motifs is 7. The summed E-state index contributed by atoms with van der Waals surface area (Å²) in [6.45, 7) is 10.2. The van der Waals surface area contributed by atoms with Gasteiger partial charge >= 0.3 is 0 Å². The average Bonchev–Trinajstić information content (AvgIpc) is 3.61. The Labute approximate surface area is 400 Å². The van der Waals surface area contributed by atoms with Crippen LogP contribution in [0.2, 0.25) is 0 Å². The highest BCUT2D eigenvalue weighted by Gasteiger charge is 2.36. The highest BCUT2D eigenvalue weighted by Crippen LogP contribution is 2.57. The van der Waals surface area contributed by atoms with Crippen LogP contribution in [-0.4, -0.2) is 6.54 Å². The van der Waals surface area contributed by atoms with Gasteiger partial charge in [0.2, 0.25) is 0 Å². The van der Waals surface area contributed by atoms with Crippen LogP contribution in [0.4, 0.5) is 45.5 Å². The molecule has 0 fully saturated rings. The fraction of sp³-hybridized carbons (Fsp3) is 0.108. The second-order valence-corrected chi connectivity index (χ2v) is 18.9. The summed E-state index contributed by atoms with van der Waals surface area (Å²) in [5, 5.41) is 4.88. The zero-order valence-corrected chi connectivity index (χ0v) is 39.1. The molecule has 0 atom stereocenters. The zero-order chi connectivity index (χ0) is 45.9. The highest BCUT2D eigenvalue weighted by molar-refractivity contribution is 6.23. The summed E-state index contributed by atoms with van der Waals surface area (Å²) < 4.78 is 0. The van der Waals surface area contributed by atoms with Crippen LogP contribution in [-0.2, 0) is 5.41 Å². The first-order chi connectivity index (χ1) is 33.4. The molecule has 0 saturated carbocycles. The lowest BCUT2D eigenvalue weighted by Crippen LogP contribution is -2.24. The van der Waals surface area contributed by atoms with Crippen molar-refractivity contribution in [2.24, 2.45) is 0 Å². The summed E-state index contributed by atoms with van der Waals surface area (Å²) in [6, 6.07) is 78.2. The molecule has 0 unspecified atom stereocenters. The van der Waals surface area contributed by atoms with Gasteiger partial charge in [-0.3, -0.25) is 0 Å². The lowest BCUT2D eigenvalue weighted by molar-refractivity contribution is 0.660. The van der Waals surface area contributed by atoms with Gasteiger partial charge in [0.1, 0.15) is 0 Å². The largest absolute Gasteiger partial charge is 0.341 e. The molecule has 0 N–H and O–H groups in total. The first-order valence-corrected chi connectivity index (χ1v) is 24.1. The maximum Gasteiger partial charge on any atom is 0.0703 e. The van der Waals surface area contributed by atoms with Crippen molar-refractivity contribution in [3.63, 3.8) is 0 Å². The molecule has 0 spiro atoms. The van der Waals surface area contributed by atoms with Crippen LogP contribution in [0.5, 0.6) is 0 Å². The van der Waals surface area contributed by atoms with Crippen molar-refractivity contribution in [3.05, 3.63) is 240 Å². The molecule has 10 aromatic rings. The van der Waals surface area contributed by atoms with E-state index in [1.54, 1.807) is 0 Å². The molecule has 0 saturated heterocycles. The Hall–Kier alpha value is -8.14. The van der Waals surface area contributed by atoms with E-state index in [-0.39, 0.29) is 5.41 Å². The summed E-state index contributed by atoms with van der Waals surface area (Å²) in [5.74, 6) is 0. The normalized spacial score (nSPS) is 13.4. The van der Waals surface area contributed by atoms with Crippen LogP contribution >= 0.6 is 0 Å². The zero-order valence-electron chi connectivity index (χ0n) is 39.1. The lowest BCUT2D eigenvalue weighted by atomic mass is 9.81. The van der Waals surface area contributed by atoms with Gasteiger partial charge in [-0.05, 0) is 129 Å². The Balaban J connectivity index is 0.888. The van der Waals surface area contributed by atoms with Gasteiger partial charge in [-0.2, -0.15) is 0 Å². The fourth-order valence-corrected chi connectivity index (χ4v) is 11.1. The van der Waals surface area contributed by atoms with Crippen LogP contribution in [0, 0.1) is 6.92 Å². The average molecular weight is 876 g/mol. The van der Waals surface area contributed by atoms with Gasteiger partial charge in [-0.15, -0.1) is 0 Å². The molecule has 3 heteroatoms. The van der Waals surface area contributed by atoms with Crippen LogP contribution in [0.15, 0.2) is 212 Å². The van der Waals surface area contributed by atoms with Gasteiger partial charge in [0.15, 0.2) is 0 Å². The van der Waals surface area contributed by atoms with Gasteiger partial charge in [0.25, 0.3) is 0 Å². The SMILES string of the molecule is CCCN(c1ccc2c(c1)C(C)(C)c1cc(/C=C/c3ccc(-c4c5ccccc5c(N5c6ccccc6N(c6ccccc6)c6ccccc65)c5ccccc45)cc3)ccc1-2)c1ccccc1C. The number of hydrogen-bond donors (Lipinski definition) is 0. The molecule has 0 aromatic heterocycles. The van der Waals surface area contributed by atoms with E-state index >= 15 is 0 Å². The number of benzene rings is 10. The van der Waals surface area contributed by atoms with Gasteiger partial charge in [-0.1, -0.05) is 191 Å². The third-order valence-corrected chi connectivity index (χ3v) is 14.4. The summed E-state index contributed by atoms with van der Waals surface area (Å²) in [7, 11) is 0. The predicted molar refractivity (Wildman–Crippen MR) is 291 cm³/mol. The Kier molecular flexibility index (Phi) is 10.1. The Bertz CT molecular complexity index is 3480. The number of rotatable bonds is 9. The topological polar surface area (TPSA) is 9.72 Å². The van der Waals surface area contributed by atoms with Gasteiger partial charge in [-0.25, -0.2) is 0 Å². The molecule has 1 heterocycles. The van der Waals surface area contributed by atoms with E-state index < -0.39 is 0 Å². The van der Waals surface area contributed by atoms with Crippen molar-refractivity contribution >= 4 is 79.2 Å². The van der Waals surface area contributed by atoms with Crippen LogP contribution in [0.25, 0.3) is 56.0 Å². The molecule has 328 valence electrons. The Morgan fingerprint density at radius 2 is 0.971 bits per heavy atom. The van der Waals surface area contributed by atoms with E-state index in [0.717, 1.165) is 41.4 Å². The Morgan fingerprint density at radius 1 is 0.471 bits per heavy atom. The summed E-state index contributed by atoms with van der Waals surface area (Å²) in [6.07, 6.45) is 5.61. The number of aryl methyl sites for hydroxylation is 1. The van der Waals surface area contributed by atoms with Crippen LogP contribution < -0.4 is 14.7 Å². The van der Waals surface area contributed by atoms with E-state index in [9.17, 15) is 0 Å². The Morgan fingerprint density at radius 3 is 1.59 bits per heavy atom. The van der Waals surface area contributed by atoms with E-state index in [0.29, 0.717) is 0 Å². The van der Waals surface area contributed by atoms with Crippen LogP contribution in [0.1, 0.15) is 55.0 Å². The molecule has 68 heavy (non-hydrogen) atoms. The summed E-state index contributed by atoms with van der Waals surface area (Å²) in [5.41, 5.74) is 20.9. The number of anilines is 8. The minimum absolute atomic E-state index is 0.125. The standard InChI is InChI=1S/C65H53N3/c1-5-41-66(58-26-14-9-19-44(58)2)49-38-40-51-50-39-35-46(42-56(50)65(3,4)57(51)43-49)32-31-45-33-36-47(37-34-45)63-52-22-10-12-24-54(52)64(55-25-13-11-23-53(55)63)68-61-29-17-15-27-59(61)67(48-20-7-6-8-21-48)60-28-16-18-30-62(60)68/h6-40,42-43H,5,41H2,1-4H3/b32-31+. The molecule has 12 rings (SSSR count). The second kappa shape index (κ2) is 16.6. The van der Waals surface area contributed by atoms with E-state index in [4.69, 9.17) is 0 Å². The fourth-order valence-electron chi connectivity index (χ4n) is 11.1. The number of hydrogen-bond acceptors (Lipinski definition) is 3. The first-order valence-electron chi connectivity index (χ1n) is 24.1. The molecule has 0 bridgehead atoms. The molecular formula is C65H53N3. The van der Waals surface area contributed by atoms with Crippen molar-refractivity contribution < 1.29 is 0 Å². The molecule has 3 nitrogen and oxygen atoms in total. The van der Waals surface area contributed by atoms with Gasteiger partial charge in [0.05, 0.1) is 28.4 Å². The summed E-state index contributed by atoms with van der Waals surface area (Å²) in [4.78, 5) is 7.38. The van der Waals surface area contributed by atoms with E-state index in [1.807, 2.05) is 0 Å². The molecular weight excluding hydrogens is 823 g/mol. The minimum atomic E-state index is -0.125. The van der Waals surface area contributed by atoms with Crippen molar-refractivity contribution in [3.8, 4) is 22.3 Å². The van der Waals surface area contributed by atoms with Crippen molar-refractivity contribution in [1.29, 1.82) is 0 Å². The van der Waals surface area contributed by atoms with Gasteiger partial charge < -0.3 is 14.7 Å². The molecule has 2 aliphatic rings. The van der Waals surface area contributed by atoms with E-state index in [1.165, 1.54) is 88.7 Å². The quantitative estimate of drug-likeness (QED) is 0.106. The summed E-state index contributed by atoms with van der Waals surface area (Å²) >= 11 is 0. The first kappa shape index (κ1) is 41.3. The number of para-hydroxylation sites is 6. The predicted octanol–water partition coefficient (Wildman–Crippen LogP) is 18.2. The maximum atomic E-state index is 2.50. The molecule has 0 radical (unpaired) electrons. The van der Waals surface area contributed by atoms with Crippen molar-refractivity contribution in [2.75, 3.05) is 21.2 Å². The minimum Gasteiger partial charge on any atom is -0.341 e. The molecule has 1 aliphatic heterocycles. The van der Waals surface area contributed by atoms with Gasteiger partial charge in [0, 0.05) is 39.8 Å². The molecule has 10 aromatic carbocycles. The molecule has 0 amide bonds. The number of nitrogens with zero attached hydrogens (tertiary/aromatic N) is 3. The molecule has 1 aliphatic carbocycles.